The van der Waals surface area contributed by atoms with Crippen LogP contribution in [0.3, 0.4) is 0 Å². The zero-order valence-corrected chi connectivity index (χ0v) is 9.52. The van der Waals surface area contributed by atoms with Crippen LogP contribution in [0, 0.1) is 11.8 Å². The third kappa shape index (κ3) is 3.18. The van der Waals surface area contributed by atoms with E-state index in [9.17, 15) is 9.90 Å². The van der Waals surface area contributed by atoms with Gasteiger partial charge in [-0.05, 0) is 24.7 Å². The number of aliphatic hydroxyl groups excluding tert-OH is 2. The molecule has 4 heteroatoms. The fraction of sp³-hybridized carbons (Fsp3) is 0.909. The fourth-order valence-electron chi connectivity index (χ4n) is 2.08. The van der Waals surface area contributed by atoms with Gasteiger partial charge in [0.25, 0.3) is 5.91 Å². The van der Waals surface area contributed by atoms with Gasteiger partial charge in [-0.2, -0.15) is 0 Å². The van der Waals surface area contributed by atoms with Gasteiger partial charge in [-0.3, -0.25) is 4.79 Å². The summed E-state index contributed by atoms with van der Waals surface area (Å²) >= 11 is 0. The molecule has 0 spiro atoms. The zero-order valence-electron chi connectivity index (χ0n) is 9.52. The van der Waals surface area contributed by atoms with Crippen molar-refractivity contribution in [3.63, 3.8) is 0 Å². The first-order chi connectivity index (χ1) is 7.06. The fourth-order valence-corrected chi connectivity index (χ4v) is 2.08. The van der Waals surface area contributed by atoms with E-state index in [-0.39, 0.29) is 5.91 Å². The second-order valence-electron chi connectivity index (χ2n) is 4.61. The van der Waals surface area contributed by atoms with Crippen molar-refractivity contribution in [2.45, 2.75) is 32.8 Å². The number of hydrogen-bond acceptors (Lipinski definition) is 3. The normalized spacial score (nSPS) is 20.7. The summed E-state index contributed by atoms with van der Waals surface area (Å²) in [7, 11) is 0. The van der Waals surface area contributed by atoms with E-state index in [1.165, 1.54) is 0 Å². The predicted octanol–water partition coefficient (Wildman–Crippen LogP) is 0.234. The van der Waals surface area contributed by atoms with Gasteiger partial charge in [0, 0.05) is 13.1 Å². The molecule has 88 valence electrons. The topological polar surface area (TPSA) is 60.8 Å². The number of piperidine rings is 1. The highest BCUT2D eigenvalue weighted by atomic mass is 16.3. The third-order valence-corrected chi connectivity index (χ3v) is 3.25. The van der Waals surface area contributed by atoms with Gasteiger partial charge in [-0.15, -0.1) is 0 Å². The SMILES string of the molecule is CC(C)C1CCN(C(=O)[C@H](O)CO)CC1. The number of rotatable bonds is 3. The van der Waals surface area contributed by atoms with Crippen LogP contribution >= 0.6 is 0 Å². The van der Waals surface area contributed by atoms with E-state index in [0.717, 1.165) is 12.8 Å². The van der Waals surface area contributed by atoms with Crippen LogP contribution in [0.15, 0.2) is 0 Å². The molecule has 1 saturated heterocycles. The van der Waals surface area contributed by atoms with Crippen molar-refractivity contribution in [2.24, 2.45) is 11.8 Å². The van der Waals surface area contributed by atoms with E-state index in [0.29, 0.717) is 24.9 Å². The minimum Gasteiger partial charge on any atom is -0.393 e. The lowest BCUT2D eigenvalue weighted by molar-refractivity contribution is -0.143. The lowest BCUT2D eigenvalue weighted by atomic mass is 9.86. The van der Waals surface area contributed by atoms with Gasteiger partial charge < -0.3 is 15.1 Å². The second kappa shape index (κ2) is 5.47. The van der Waals surface area contributed by atoms with E-state index in [2.05, 4.69) is 13.8 Å². The quantitative estimate of drug-likeness (QED) is 0.708. The van der Waals surface area contributed by atoms with E-state index >= 15 is 0 Å². The number of carbonyl (C=O) groups excluding carboxylic acids is 1. The minimum absolute atomic E-state index is 0.334. The van der Waals surface area contributed by atoms with Crippen LogP contribution in [0.1, 0.15) is 26.7 Å². The summed E-state index contributed by atoms with van der Waals surface area (Å²) in [4.78, 5) is 13.2. The lowest BCUT2D eigenvalue weighted by Gasteiger charge is -2.34. The molecule has 0 radical (unpaired) electrons. The van der Waals surface area contributed by atoms with Gasteiger partial charge in [0.15, 0.2) is 6.10 Å². The van der Waals surface area contributed by atoms with Crippen LogP contribution in [-0.4, -0.2) is 46.8 Å². The van der Waals surface area contributed by atoms with Crippen molar-refractivity contribution in [1.29, 1.82) is 0 Å². The number of carbonyl (C=O) groups is 1. The van der Waals surface area contributed by atoms with E-state index in [1.807, 2.05) is 0 Å². The molecule has 1 aliphatic heterocycles. The molecule has 1 fully saturated rings. The summed E-state index contributed by atoms with van der Waals surface area (Å²) in [6.07, 6.45) is 0.768. The molecule has 0 aromatic heterocycles. The van der Waals surface area contributed by atoms with Gasteiger partial charge in [0.1, 0.15) is 0 Å². The van der Waals surface area contributed by atoms with Crippen LogP contribution in [-0.2, 0) is 4.79 Å². The average Bonchev–Trinajstić information content (AvgIpc) is 2.27. The first-order valence-electron chi connectivity index (χ1n) is 5.64. The van der Waals surface area contributed by atoms with Crippen molar-refractivity contribution in [2.75, 3.05) is 19.7 Å². The van der Waals surface area contributed by atoms with Gasteiger partial charge in [-0.1, -0.05) is 13.8 Å². The van der Waals surface area contributed by atoms with Crippen LogP contribution in [0.25, 0.3) is 0 Å². The molecule has 1 rings (SSSR count). The van der Waals surface area contributed by atoms with Gasteiger partial charge in [0.05, 0.1) is 6.61 Å². The van der Waals surface area contributed by atoms with Crippen molar-refractivity contribution in [3.05, 3.63) is 0 Å². The molecular formula is C11H21NO3. The van der Waals surface area contributed by atoms with Crippen LogP contribution in [0.4, 0.5) is 0 Å². The number of aliphatic hydroxyl groups is 2. The van der Waals surface area contributed by atoms with Crippen LogP contribution in [0.5, 0.6) is 0 Å². The Morgan fingerprint density at radius 2 is 1.93 bits per heavy atom. The standard InChI is InChI=1S/C11H21NO3/c1-8(2)9-3-5-12(6-4-9)11(15)10(14)7-13/h8-10,13-14H,3-7H2,1-2H3/t10-/m1/s1. The average molecular weight is 215 g/mol. The molecule has 4 nitrogen and oxygen atoms in total. The number of nitrogens with zero attached hydrogens (tertiary/aromatic N) is 1. The largest absolute Gasteiger partial charge is 0.393 e. The molecule has 15 heavy (non-hydrogen) atoms. The summed E-state index contributed by atoms with van der Waals surface area (Å²) in [5, 5.41) is 17.9. The van der Waals surface area contributed by atoms with Gasteiger partial charge >= 0.3 is 0 Å². The van der Waals surface area contributed by atoms with Crippen molar-refractivity contribution in [3.8, 4) is 0 Å². The summed E-state index contributed by atoms with van der Waals surface area (Å²) in [5.74, 6) is 1.00. The second-order valence-corrected chi connectivity index (χ2v) is 4.61. The molecule has 1 heterocycles. The Balaban J connectivity index is 2.40. The molecule has 0 aromatic rings. The third-order valence-electron chi connectivity index (χ3n) is 3.25. The lowest BCUT2D eigenvalue weighted by Crippen LogP contribution is -2.45. The predicted molar refractivity (Wildman–Crippen MR) is 57.2 cm³/mol. The Labute approximate surface area is 90.9 Å². The Morgan fingerprint density at radius 1 is 1.40 bits per heavy atom. The Morgan fingerprint density at radius 3 is 2.33 bits per heavy atom. The molecule has 0 unspecified atom stereocenters. The first kappa shape index (κ1) is 12.5. The summed E-state index contributed by atoms with van der Waals surface area (Å²) in [5.41, 5.74) is 0. The first-order valence-corrected chi connectivity index (χ1v) is 5.64. The molecule has 2 N–H and O–H groups in total. The van der Waals surface area contributed by atoms with Crippen molar-refractivity contribution < 1.29 is 15.0 Å². The minimum atomic E-state index is -1.24. The van der Waals surface area contributed by atoms with Crippen LogP contribution in [0.2, 0.25) is 0 Å². The molecule has 0 saturated carbocycles. The number of likely N-dealkylation sites (tertiary alicyclic amines) is 1. The molecule has 0 bridgehead atoms. The molecule has 1 aliphatic rings. The molecule has 1 atom stereocenters. The van der Waals surface area contributed by atoms with Crippen LogP contribution < -0.4 is 0 Å². The summed E-state index contributed by atoms with van der Waals surface area (Å²) in [6, 6.07) is 0. The summed E-state index contributed by atoms with van der Waals surface area (Å²) in [6.45, 7) is 5.33. The van der Waals surface area contributed by atoms with E-state index < -0.39 is 12.7 Å². The van der Waals surface area contributed by atoms with E-state index in [4.69, 9.17) is 5.11 Å². The molecule has 0 aromatic carbocycles. The highest BCUT2D eigenvalue weighted by Crippen LogP contribution is 2.24. The van der Waals surface area contributed by atoms with E-state index in [1.54, 1.807) is 4.90 Å². The maximum atomic E-state index is 11.5. The Kier molecular flexibility index (Phi) is 4.54. The van der Waals surface area contributed by atoms with Gasteiger partial charge in [-0.25, -0.2) is 0 Å². The monoisotopic (exact) mass is 215 g/mol. The Bertz CT molecular complexity index is 210. The van der Waals surface area contributed by atoms with Gasteiger partial charge in [0.2, 0.25) is 0 Å². The highest BCUT2D eigenvalue weighted by molar-refractivity contribution is 5.80. The maximum Gasteiger partial charge on any atom is 0.253 e. The summed E-state index contributed by atoms with van der Waals surface area (Å²) < 4.78 is 0. The smallest absolute Gasteiger partial charge is 0.253 e. The maximum absolute atomic E-state index is 11.5. The van der Waals surface area contributed by atoms with Crippen molar-refractivity contribution in [1.82, 2.24) is 4.90 Å². The zero-order chi connectivity index (χ0) is 11.4. The van der Waals surface area contributed by atoms with Crippen molar-refractivity contribution >= 4 is 5.91 Å². The Hall–Kier alpha value is -0.610. The number of hydrogen-bond donors (Lipinski definition) is 2. The molecule has 0 aliphatic carbocycles. The molecule has 1 amide bonds. The highest BCUT2D eigenvalue weighted by Gasteiger charge is 2.27. The molecular weight excluding hydrogens is 194 g/mol. The number of amides is 1.